The lowest BCUT2D eigenvalue weighted by Gasteiger charge is -2.48. The average molecular weight is 457 g/mol. The molecule has 0 aromatic heterocycles. The normalized spacial score (nSPS) is 25.6. The lowest BCUT2D eigenvalue weighted by Crippen LogP contribution is -2.53. The molecule has 1 aliphatic heterocycles. The van der Waals surface area contributed by atoms with Crippen LogP contribution in [0.5, 0.6) is 5.75 Å². The molecule has 0 saturated heterocycles. The third-order valence-electron chi connectivity index (χ3n) is 5.89. The predicted molar refractivity (Wildman–Crippen MR) is 105 cm³/mol. The van der Waals surface area contributed by atoms with Crippen LogP contribution in [-0.4, -0.2) is 27.1 Å². The number of carbonyl (C=O) groups is 1. The molecule has 30 heavy (non-hydrogen) atoms. The van der Waals surface area contributed by atoms with Crippen LogP contribution in [0.1, 0.15) is 31.7 Å². The fourth-order valence-corrected chi connectivity index (χ4v) is 7.13. The molecular formula is C21H19ClF2O5S. The number of fused-ring (bicyclic) bond motifs is 3. The van der Waals surface area contributed by atoms with E-state index in [4.69, 9.17) is 21.1 Å². The van der Waals surface area contributed by atoms with Crippen molar-refractivity contribution in [3.05, 3.63) is 58.6 Å². The van der Waals surface area contributed by atoms with Crippen molar-refractivity contribution in [3.63, 3.8) is 0 Å². The predicted octanol–water partition coefficient (Wildman–Crippen LogP) is 4.41. The van der Waals surface area contributed by atoms with Gasteiger partial charge in [-0.1, -0.05) is 11.6 Å². The van der Waals surface area contributed by atoms with Gasteiger partial charge in [-0.25, -0.2) is 17.2 Å². The number of halogens is 3. The smallest absolute Gasteiger partial charge is 0.302 e. The lowest BCUT2D eigenvalue weighted by molar-refractivity contribution is -0.149. The Hall–Kier alpha value is -2.19. The maximum absolute atomic E-state index is 15.1. The van der Waals surface area contributed by atoms with Crippen molar-refractivity contribution in [2.75, 3.05) is 6.61 Å². The van der Waals surface area contributed by atoms with Crippen molar-refractivity contribution in [1.29, 1.82) is 0 Å². The van der Waals surface area contributed by atoms with E-state index in [2.05, 4.69) is 0 Å². The molecule has 0 bridgehead atoms. The first kappa shape index (κ1) is 21.1. The zero-order valence-corrected chi connectivity index (χ0v) is 17.6. The van der Waals surface area contributed by atoms with Crippen LogP contribution in [0.15, 0.2) is 41.3 Å². The fraction of sp³-hybridized carbons (Fsp3) is 0.381. The molecule has 0 spiro atoms. The van der Waals surface area contributed by atoms with Crippen LogP contribution in [0, 0.1) is 17.6 Å². The van der Waals surface area contributed by atoms with Crippen molar-refractivity contribution in [2.24, 2.45) is 5.92 Å². The molecule has 4 rings (SSSR count). The van der Waals surface area contributed by atoms with Crippen LogP contribution < -0.4 is 4.74 Å². The van der Waals surface area contributed by atoms with E-state index in [9.17, 15) is 17.6 Å². The summed E-state index contributed by atoms with van der Waals surface area (Å²) in [6.07, 6.45) is -0.222. The van der Waals surface area contributed by atoms with Crippen LogP contribution in [0.2, 0.25) is 5.02 Å². The highest BCUT2D eigenvalue weighted by Crippen LogP contribution is 2.56. The van der Waals surface area contributed by atoms with Gasteiger partial charge in [-0.15, -0.1) is 0 Å². The molecule has 0 amide bonds. The minimum atomic E-state index is -4.19. The van der Waals surface area contributed by atoms with Crippen molar-refractivity contribution < 1.29 is 31.5 Å². The van der Waals surface area contributed by atoms with Gasteiger partial charge in [0.1, 0.15) is 16.7 Å². The summed E-state index contributed by atoms with van der Waals surface area (Å²) in [4.78, 5) is 11.4. The highest BCUT2D eigenvalue weighted by atomic mass is 35.5. The monoisotopic (exact) mass is 456 g/mol. The highest BCUT2D eigenvalue weighted by Gasteiger charge is 2.60. The molecule has 160 valence electrons. The molecule has 3 atom stereocenters. The first-order chi connectivity index (χ1) is 14.2. The molecule has 1 saturated carbocycles. The van der Waals surface area contributed by atoms with E-state index in [-0.39, 0.29) is 42.1 Å². The van der Waals surface area contributed by atoms with Gasteiger partial charge < -0.3 is 9.47 Å². The summed E-state index contributed by atoms with van der Waals surface area (Å²) < 4.78 is 66.4. The molecule has 5 nitrogen and oxygen atoms in total. The minimum Gasteiger partial charge on any atom is -0.490 e. The van der Waals surface area contributed by atoms with Crippen LogP contribution >= 0.6 is 11.6 Å². The van der Waals surface area contributed by atoms with Crippen LogP contribution in [0.4, 0.5) is 8.78 Å². The van der Waals surface area contributed by atoms with Gasteiger partial charge in [-0.2, -0.15) is 0 Å². The summed E-state index contributed by atoms with van der Waals surface area (Å²) in [7, 11) is -4.19. The van der Waals surface area contributed by atoms with Crippen LogP contribution in [-0.2, 0) is 24.1 Å². The van der Waals surface area contributed by atoms with Crippen molar-refractivity contribution in [3.8, 4) is 5.75 Å². The maximum atomic E-state index is 15.1. The minimum absolute atomic E-state index is 0.0423. The van der Waals surface area contributed by atoms with Crippen LogP contribution in [0.25, 0.3) is 0 Å². The van der Waals surface area contributed by atoms with E-state index < -0.39 is 44.2 Å². The van der Waals surface area contributed by atoms with E-state index in [1.807, 2.05) is 0 Å². The number of sulfone groups is 1. The molecular weight excluding hydrogens is 438 g/mol. The van der Waals surface area contributed by atoms with Crippen molar-refractivity contribution in [1.82, 2.24) is 0 Å². The Morgan fingerprint density at radius 2 is 1.83 bits per heavy atom. The van der Waals surface area contributed by atoms with E-state index in [0.29, 0.717) is 5.02 Å². The van der Waals surface area contributed by atoms with Gasteiger partial charge in [0.05, 0.1) is 17.1 Å². The Bertz CT molecular complexity index is 1100. The molecule has 0 unspecified atom stereocenters. The second kappa shape index (κ2) is 7.50. The maximum Gasteiger partial charge on any atom is 0.302 e. The number of rotatable bonds is 3. The molecule has 0 radical (unpaired) electrons. The van der Waals surface area contributed by atoms with Gasteiger partial charge >= 0.3 is 5.97 Å². The average Bonchev–Trinajstić information content (AvgIpc) is 2.70. The van der Waals surface area contributed by atoms with E-state index >= 15 is 4.39 Å². The third-order valence-corrected chi connectivity index (χ3v) is 8.74. The van der Waals surface area contributed by atoms with Gasteiger partial charge in [0.2, 0.25) is 0 Å². The number of esters is 1. The number of hydrogen-bond donors (Lipinski definition) is 0. The molecule has 1 aliphatic carbocycles. The number of carbonyl (C=O) groups excluding carboxylic acids is 1. The molecule has 9 heteroatoms. The summed E-state index contributed by atoms with van der Waals surface area (Å²) in [5.41, 5.74) is -0.296. The molecule has 0 N–H and O–H groups in total. The van der Waals surface area contributed by atoms with Gasteiger partial charge in [0.25, 0.3) is 0 Å². The largest absolute Gasteiger partial charge is 0.490 e. The van der Waals surface area contributed by atoms with Crippen molar-refractivity contribution in [2.45, 2.75) is 41.9 Å². The summed E-state index contributed by atoms with van der Waals surface area (Å²) in [5, 5.41) is 0.353. The highest BCUT2D eigenvalue weighted by molar-refractivity contribution is 7.92. The number of ether oxygens (including phenoxy) is 2. The standard InChI is InChI=1S/C21H19ClF2O5S/c1-12(25)29-15-8-9-21(30(26,27)16-4-2-14(22)3-5-16)13(10-15)11-28-20-18(24)7-6-17(23)19(20)21/h2-7,13,15H,8-11H2,1H3/t13-,15-,21+/m1/s1. The summed E-state index contributed by atoms with van der Waals surface area (Å²) in [6.45, 7) is 1.13. The summed E-state index contributed by atoms with van der Waals surface area (Å²) in [5.74, 6) is -3.27. The molecule has 2 aromatic carbocycles. The number of hydrogen-bond acceptors (Lipinski definition) is 5. The van der Waals surface area contributed by atoms with E-state index in [1.165, 1.54) is 31.2 Å². The number of benzene rings is 2. The Morgan fingerprint density at radius 1 is 1.17 bits per heavy atom. The Morgan fingerprint density at radius 3 is 2.50 bits per heavy atom. The van der Waals surface area contributed by atoms with Gasteiger partial charge in [0, 0.05) is 17.9 Å². The van der Waals surface area contributed by atoms with Gasteiger partial charge in [0.15, 0.2) is 21.4 Å². The molecule has 1 fully saturated rings. The topological polar surface area (TPSA) is 69.7 Å². The Kier molecular flexibility index (Phi) is 5.26. The van der Waals surface area contributed by atoms with Crippen LogP contribution in [0.3, 0.4) is 0 Å². The van der Waals surface area contributed by atoms with E-state index in [1.54, 1.807) is 0 Å². The quantitative estimate of drug-likeness (QED) is 0.640. The zero-order valence-electron chi connectivity index (χ0n) is 16.0. The second-order valence-corrected chi connectivity index (χ2v) is 10.2. The Balaban J connectivity index is 1.93. The van der Waals surface area contributed by atoms with Gasteiger partial charge in [-0.05, 0) is 55.7 Å². The summed E-state index contributed by atoms with van der Waals surface area (Å²) in [6, 6.07) is 7.42. The summed E-state index contributed by atoms with van der Waals surface area (Å²) >= 11 is 5.90. The molecule has 1 heterocycles. The van der Waals surface area contributed by atoms with E-state index in [0.717, 1.165) is 12.1 Å². The fourth-order valence-electron chi connectivity index (χ4n) is 4.64. The lowest BCUT2D eigenvalue weighted by atomic mass is 9.72. The Labute approximate surface area is 177 Å². The first-order valence-corrected chi connectivity index (χ1v) is 11.3. The molecule has 2 aliphatic rings. The zero-order chi connectivity index (χ0) is 21.7. The third kappa shape index (κ3) is 3.17. The first-order valence-electron chi connectivity index (χ1n) is 9.45. The SMILES string of the molecule is CC(=O)O[C@@H]1CC[C@@]2(S(=O)(=O)c3ccc(Cl)cc3)c3c(F)ccc(F)c3OC[C@H]2C1. The van der Waals surface area contributed by atoms with Gasteiger partial charge in [-0.3, -0.25) is 4.79 Å². The van der Waals surface area contributed by atoms with Crippen molar-refractivity contribution >= 4 is 27.4 Å². The second-order valence-electron chi connectivity index (χ2n) is 7.59. The molecule has 2 aromatic rings.